The van der Waals surface area contributed by atoms with Gasteiger partial charge in [-0.1, -0.05) is 48.6 Å². The molecule has 2 heterocycles. The average Bonchev–Trinajstić information content (AvgIpc) is 3.18. The van der Waals surface area contributed by atoms with Gasteiger partial charge < -0.3 is 4.90 Å². The van der Waals surface area contributed by atoms with Crippen molar-refractivity contribution in [3.63, 3.8) is 0 Å². The van der Waals surface area contributed by atoms with E-state index in [4.69, 9.17) is 16.6 Å². The average molecular weight is 449 g/mol. The third-order valence-corrected chi connectivity index (χ3v) is 9.97. The van der Waals surface area contributed by atoms with Gasteiger partial charge in [-0.15, -0.1) is 22.9 Å². The molecule has 0 N–H and O–H groups in total. The van der Waals surface area contributed by atoms with Crippen molar-refractivity contribution in [1.29, 1.82) is 0 Å². The van der Waals surface area contributed by atoms with Crippen LogP contribution in [0.25, 0.3) is 11.3 Å². The van der Waals surface area contributed by atoms with E-state index in [0.717, 1.165) is 16.4 Å². The number of sulfone groups is 1. The highest BCUT2D eigenvalue weighted by Crippen LogP contribution is 2.36. The van der Waals surface area contributed by atoms with Crippen molar-refractivity contribution in [3.05, 3.63) is 59.5 Å². The van der Waals surface area contributed by atoms with Crippen molar-refractivity contribution in [2.24, 2.45) is 0 Å². The molecule has 2 atom stereocenters. The topological polar surface area (TPSA) is 50.3 Å². The third kappa shape index (κ3) is 4.03. The monoisotopic (exact) mass is 448 g/mol. The first-order valence-corrected chi connectivity index (χ1v) is 12.7. The zero-order chi connectivity index (χ0) is 20.6. The minimum atomic E-state index is -3.36. The molecule has 2 aliphatic rings. The summed E-state index contributed by atoms with van der Waals surface area (Å²) in [6, 6.07) is 8.23. The Balaban J connectivity index is 1.46. The number of anilines is 1. The van der Waals surface area contributed by atoms with E-state index in [1.807, 2.05) is 18.2 Å². The second-order valence-corrected chi connectivity index (χ2v) is 11.9. The molecule has 29 heavy (non-hydrogen) atoms. The molecule has 1 aliphatic heterocycles. The Morgan fingerprint density at radius 2 is 1.93 bits per heavy atom. The Hall–Kier alpha value is -1.63. The molecule has 1 fully saturated rings. The summed E-state index contributed by atoms with van der Waals surface area (Å²) in [6.07, 6.45) is 8.30. The van der Waals surface area contributed by atoms with E-state index in [0.29, 0.717) is 25.9 Å². The summed E-state index contributed by atoms with van der Waals surface area (Å²) in [4.78, 5) is 6.14. The zero-order valence-corrected chi connectivity index (χ0v) is 19.0. The van der Waals surface area contributed by atoms with E-state index in [2.05, 4.69) is 29.3 Å². The number of rotatable bonds is 4. The van der Waals surface area contributed by atoms with Gasteiger partial charge in [0.1, 0.15) is 5.25 Å². The van der Waals surface area contributed by atoms with Crippen LogP contribution in [0.2, 0.25) is 0 Å². The number of piperidine rings is 1. The van der Waals surface area contributed by atoms with Crippen LogP contribution in [0.4, 0.5) is 5.13 Å². The predicted molar refractivity (Wildman–Crippen MR) is 123 cm³/mol. The van der Waals surface area contributed by atoms with Crippen LogP contribution in [-0.4, -0.2) is 41.9 Å². The van der Waals surface area contributed by atoms with Crippen LogP contribution in [0, 0.1) is 6.92 Å². The summed E-state index contributed by atoms with van der Waals surface area (Å²) in [5.74, 6) is 0. The molecule has 1 saturated heterocycles. The van der Waals surface area contributed by atoms with Crippen LogP contribution in [0.3, 0.4) is 0 Å². The van der Waals surface area contributed by atoms with Gasteiger partial charge in [0.2, 0.25) is 0 Å². The molecule has 4 rings (SSSR count). The van der Waals surface area contributed by atoms with Gasteiger partial charge in [0, 0.05) is 24.0 Å². The maximum Gasteiger partial charge on any atom is 0.185 e. The fourth-order valence-corrected chi connectivity index (χ4v) is 7.81. The molecular weight excluding hydrogens is 424 g/mol. The summed E-state index contributed by atoms with van der Waals surface area (Å²) in [6.45, 7) is 5.24. The molecule has 1 aliphatic carbocycles. The number of benzene rings is 1. The summed E-state index contributed by atoms with van der Waals surface area (Å²) in [5, 5.41) is 2.00. The van der Waals surface area contributed by atoms with Gasteiger partial charge in [-0.05, 0) is 32.3 Å². The number of thiazole rings is 1. The molecule has 1 aromatic carbocycles. The predicted octanol–water partition coefficient (Wildman–Crippen LogP) is 4.99. The van der Waals surface area contributed by atoms with Crippen LogP contribution in [-0.2, 0) is 9.84 Å². The number of aromatic nitrogens is 1. The molecule has 154 valence electrons. The normalized spacial score (nSPS) is 25.5. The number of allylic oxidation sites excluding steroid dienone is 3. The molecule has 0 saturated carbocycles. The lowest BCUT2D eigenvalue weighted by molar-refractivity contribution is 0.518. The highest BCUT2D eigenvalue weighted by Gasteiger charge is 2.44. The highest BCUT2D eigenvalue weighted by molar-refractivity contribution is 7.93. The van der Waals surface area contributed by atoms with Gasteiger partial charge in [0.25, 0.3) is 0 Å². The third-order valence-electron chi connectivity index (χ3n) is 5.82. The van der Waals surface area contributed by atoms with Crippen molar-refractivity contribution < 1.29 is 8.42 Å². The summed E-state index contributed by atoms with van der Waals surface area (Å²) in [5.41, 5.74) is 3.33. The number of alkyl halides is 1. The van der Waals surface area contributed by atoms with Crippen molar-refractivity contribution in [1.82, 2.24) is 4.98 Å². The van der Waals surface area contributed by atoms with Crippen LogP contribution in [0.1, 0.15) is 25.3 Å². The largest absolute Gasteiger partial charge is 0.348 e. The maximum absolute atomic E-state index is 13.2. The minimum absolute atomic E-state index is 0.367. The smallest absolute Gasteiger partial charge is 0.185 e. The summed E-state index contributed by atoms with van der Waals surface area (Å²) < 4.78 is 26.4. The Labute approximate surface area is 181 Å². The fraction of sp³-hybridized carbons (Fsp3) is 0.409. The van der Waals surface area contributed by atoms with E-state index < -0.39 is 20.0 Å². The standard InChI is InChI=1S/C22H25ClN2O2S2/c1-16-7-3-4-8-18(16)19-15-28-21(24-19)25-13-10-17(11-14-25)29(26,27)20-9-5-6-12-22(20,2)23/h3-9,12,15,17,20H,10-11,13-14H2,1-2H3. The molecule has 2 unspecified atom stereocenters. The SMILES string of the molecule is Cc1ccccc1-c1csc(N2CCC(S(=O)(=O)C3C=CC=CC3(C)Cl)CC2)n1. The Morgan fingerprint density at radius 1 is 1.21 bits per heavy atom. The van der Waals surface area contributed by atoms with E-state index >= 15 is 0 Å². The van der Waals surface area contributed by atoms with Crippen LogP contribution < -0.4 is 4.90 Å². The number of hydrogen-bond acceptors (Lipinski definition) is 5. The van der Waals surface area contributed by atoms with Gasteiger partial charge in [0.15, 0.2) is 15.0 Å². The molecule has 0 spiro atoms. The van der Waals surface area contributed by atoms with Crippen molar-refractivity contribution in [3.8, 4) is 11.3 Å². The number of hydrogen-bond donors (Lipinski definition) is 0. The molecule has 2 aromatic rings. The second kappa shape index (κ2) is 7.89. The van der Waals surface area contributed by atoms with Gasteiger partial charge in [-0.3, -0.25) is 0 Å². The number of aryl methyl sites for hydroxylation is 1. The molecule has 0 radical (unpaired) electrons. The number of nitrogens with zero attached hydrogens (tertiary/aromatic N) is 2. The minimum Gasteiger partial charge on any atom is -0.348 e. The van der Waals surface area contributed by atoms with E-state index in [1.165, 1.54) is 5.56 Å². The highest BCUT2D eigenvalue weighted by atomic mass is 35.5. The van der Waals surface area contributed by atoms with Crippen molar-refractivity contribution in [2.45, 2.75) is 42.1 Å². The van der Waals surface area contributed by atoms with Crippen molar-refractivity contribution >= 4 is 37.9 Å². The first-order valence-electron chi connectivity index (χ1n) is 9.83. The molecule has 0 bridgehead atoms. The quantitative estimate of drug-likeness (QED) is 0.618. The molecule has 4 nitrogen and oxygen atoms in total. The van der Waals surface area contributed by atoms with E-state index in [9.17, 15) is 8.42 Å². The van der Waals surface area contributed by atoms with Crippen LogP contribution in [0.15, 0.2) is 53.9 Å². The van der Waals surface area contributed by atoms with Crippen LogP contribution >= 0.6 is 22.9 Å². The lowest BCUT2D eigenvalue weighted by Crippen LogP contribution is -2.47. The number of halogens is 1. The van der Waals surface area contributed by atoms with E-state index in [1.54, 1.807) is 36.5 Å². The van der Waals surface area contributed by atoms with Crippen molar-refractivity contribution in [2.75, 3.05) is 18.0 Å². The van der Waals surface area contributed by atoms with E-state index in [-0.39, 0.29) is 5.25 Å². The first kappa shape index (κ1) is 20.6. The second-order valence-electron chi connectivity index (χ2n) is 7.92. The Bertz CT molecular complexity index is 1050. The summed E-state index contributed by atoms with van der Waals surface area (Å²) >= 11 is 8.12. The molecule has 0 amide bonds. The van der Waals surface area contributed by atoms with Gasteiger partial charge in [0.05, 0.1) is 15.8 Å². The van der Waals surface area contributed by atoms with Gasteiger partial charge >= 0.3 is 0 Å². The molecule has 7 heteroatoms. The molecule has 1 aromatic heterocycles. The molecular formula is C22H25ClN2O2S2. The lowest BCUT2D eigenvalue weighted by atomic mass is 10.0. The first-order chi connectivity index (χ1) is 13.8. The zero-order valence-electron chi connectivity index (χ0n) is 16.6. The Kier molecular flexibility index (Phi) is 5.62. The van der Waals surface area contributed by atoms with Crippen LogP contribution in [0.5, 0.6) is 0 Å². The van der Waals surface area contributed by atoms with Gasteiger partial charge in [-0.2, -0.15) is 0 Å². The summed E-state index contributed by atoms with van der Waals surface area (Å²) in [7, 11) is -3.36. The fourth-order valence-electron chi connectivity index (χ4n) is 4.10. The van der Waals surface area contributed by atoms with Gasteiger partial charge in [-0.25, -0.2) is 13.4 Å². The lowest BCUT2D eigenvalue weighted by Gasteiger charge is -2.36. The Morgan fingerprint density at radius 3 is 2.62 bits per heavy atom. The maximum atomic E-state index is 13.2.